The van der Waals surface area contributed by atoms with Gasteiger partial charge in [0, 0.05) is 32.1 Å². The number of carbonyl (C=O) groups excluding carboxylic acids is 1. The lowest BCUT2D eigenvalue weighted by Crippen LogP contribution is -2.51. The van der Waals surface area contributed by atoms with Gasteiger partial charge >= 0.3 is 5.97 Å². The third-order valence-electron chi connectivity index (χ3n) is 2.90. The van der Waals surface area contributed by atoms with Crippen LogP contribution in [-0.2, 0) is 14.3 Å². The summed E-state index contributed by atoms with van der Waals surface area (Å²) in [6, 6.07) is 0.0526. The van der Waals surface area contributed by atoms with Gasteiger partial charge in [-0.2, -0.15) is 0 Å². The van der Waals surface area contributed by atoms with Crippen LogP contribution in [-0.4, -0.2) is 60.3 Å². The van der Waals surface area contributed by atoms with Crippen molar-refractivity contribution in [2.75, 3.05) is 26.2 Å². The maximum Gasteiger partial charge on any atom is 0.303 e. The highest BCUT2D eigenvalue weighted by Gasteiger charge is 2.28. The number of nitrogens with zero attached hydrogens (tertiary/aromatic N) is 1. The minimum Gasteiger partial charge on any atom is -0.481 e. The summed E-state index contributed by atoms with van der Waals surface area (Å²) in [6.07, 6.45) is 0.116. The van der Waals surface area contributed by atoms with E-state index in [1.165, 1.54) is 0 Å². The third kappa shape index (κ3) is 4.62. The Bertz CT molecular complexity index is 288. The summed E-state index contributed by atoms with van der Waals surface area (Å²) in [5.74, 6) is -0.885. The molecular weight excluding hydrogens is 236 g/mol. The summed E-state index contributed by atoms with van der Waals surface area (Å²) in [6.45, 7) is 6.15. The second-order valence-corrected chi connectivity index (χ2v) is 4.69. The number of carboxylic acids is 1. The zero-order valence-corrected chi connectivity index (χ0v) is 11.0. The highest BCUT2D eigenvalue weighted by molar-refractivity contribution is 5.81. The smallest absolute Gasteiger partial charge is 0.303 e. The average Bonchev–Trinajstić information content (AvgIpc) is 2.34. The van der Waals surface area contributed by atoms with E-state index in [1.54, 1.807) is 4.90 Å². The predicted octanol–water partition coefficient (Wildman–Crippen LogP) is 0.0766. The summed E-state index contributed by atoms with van der Waals surface area (Å²) in [7, 11) is 0. The van der Waals surface area contributed by atoms with Crippen molar-refractivity contribution in [2.24, 2.45) is 0 Å². The fraction of sp³-hybridized carbons (Fsp3) is 0.833. The molecule has 1 saturated heterocycles. The normalized spacial score (nSPS) is 19.8. The van der Waals surface area contributed by atoms with E-state index >= 15 is 0 Å². The minimum absolute atomic E-state index is 0.0526. The molecule has 0 aromatic rings. The van der Waals surface area contributed by atoms with E-state index in [0.717, 1.165) is 6.54 Å². The van der Waals surface area contributed by atoms with Crippen LogP contribution in [0.1, 0.15) is 26.7 Å². The van der Waals surface area contributed by atoms with Crippen LogP contribution in [0.2, 0.25) is 0 Å². The largest absolute Gasteiger partial charge is 0.481 e. The van der Waals surface area contributed by atoms with Crippen LogP contribution in [0.15, 0.2) is 0 Å². The van der Waals surface area contributed by atoms with Crippen molar-refractivity contribution < 1.29 is 19.4 Å². The van der Waals surface area contributed by atoms with E-state index in [-0.39, 0.29) is 18.4 Å². The Kier molecular flexibility index (Phi) is 6.07. The van der Waals surface area contributed by atoms with Crippen molar-refractivity contribution in [1.29, 1.82) is 0 Å². The lowest BCUT2D eigenvalue weighted by Gasteiger charge is -2.32. The molecule has 2 N–H and O–H groups in total. The molecule has 0 saturated carbocycles. The van der Waals surface area contributed by atoms with Crippen molar-refractivity contribution >= 4 is 11.9 Å². The van der Waals surface area contributed by atoms with Crippen molar-refractivity contribution in [3.8, 4) is 0 Å². The Hall–Kier alpha value is -1.14. The van der Waals surface area contributed by atoms with Crippen LogP contribution in [0.4, 0.5) is 0 Å². The Balaban J connectivity index is 2.48. The molecule has 1 fully saturated rings. The summed E-state index contributed by atoms with van der Waals surface area (Å²) in [5.41, 5.74) is 0. The quantitative estimate of drug-likeness (QED) is 0.705. The van der Waals surface area contributed by atoms with Gasteiger partial charge in [0.1, 0.15) is 6.10 Å². The van der Waals surface area contributed by atoms with Gasteiger partial charge in [-0.15, -0.1) is 0 Å². The van der Waals surface area contributed by atoms with Gasteiger partial charge in [-0.25, -0.2) is 0 Å². The monoisotopic (exact) mass is 258 g/mol. The topological polar surface area (TPSA) is 78.9 Å². The van der Waals surface area contributed by atoms with Gasteiger partial charge in [0.25, 0.3) is 5.91 Å². The first kappa shape index (κ1) is 14.9. The van der Waals surface area contributed by atoms with E-state index < -0.39 is 12.1 Å². The first-order valence-electron chi connectivity index (χ1n) is 6.37. The molecule has 1 heterocycles. The number of hydrogen-bond acceptors (Lipinski definition) is 4. The summed E-state index contributed by atoms with van der Waals surface area (Å²) in [4.78, 5) is 24.4. The predicted molar refractivity (Wildman–Crippen MR) is 66.3 cm³/mol. The number of rotatable bonds is 6. The number of aliphatic carboxylic acids is 1. The molecule has 0 spiro atoms. The Morgan fingerprint density at radius 3 is 2.72 bits per heavy atom. The van der Waals surface area contributed by atoms with Crippen LogP contribution in [0.5, 0.6) is 0 Å². The third-order valence-corrected chi connectivity index (χ3v) is 2.90. The second-order valence-electron chi connectivity index (χ2n) is 4.69. The highest BCUT2D eigenvalue weighted by atomic mass is 16.5. The van der Waals surface area contributed by atoms with Crippen LogP contribution in [0.25, 0.3) is 0 Å². The van der Waals surface area contributed by atoms with E-state index in [1.807, 2.05) is 13.8 Å². The maximum absolute atomic E-state index is 12.2. The number of nitrogens with one attached hydrogen (secondary N) is 1. The van der Waals surface area contributed by atoms with E-state index in [2.05, 4.69) is 5.32 Å². The first-order chi connectivity index (χ1) is 8.52. The van der Waals surface area contributed by atoms with Gasteiger partial charge < -0.3 is 20.1 Å². The highest BCUT2D eigenvalue weighted by Crippen LogP contribution is 2.08. The standard InChI is InChI=1S/C12H22N2O4/c1-9(2)14(6-3-4-11(15)16)12(17)10-8-13-5-7-18-10/h9-10,13H,3-8H2,1-2H3,(H,15,16). The van der Waals surface area contributed by atoms with E-state index in [4.69, 9.17) is 9.84 Å². The molecule has 6 heteroatoms. The summed E-state index contributed by atoms with van der Waals surface area (Å²) >= 11 is 0. The number of hydrogen-bond donors (Lipinski definition) is 2. The van der Waals surface area contributed by atoms with Crippen LogP contribution in [0, 0.1) is 0 Å². The van der Waals surface area contributed by atoms with Crippen LogP contribution < -0.4 is 5.32 Å². The molecule has 1 amide bonds. The molecule has 0 aliphatic carbocycles. The number of carbonyl (C=O) groups is 2. The molecule has 6 nitrogen and oxygen atoms in total. The van der Waals surface area contributed by atoms with Crippen molar-refractivity contribution in [1.82, 2.24) is 10.2 Å². The average molecular weight is 258 g/mol. The number of carboxylic acid groups (broad SMARTS) is 1. The number of morpholine rings is 1. The molecule has 0 aromatic heterocycles. The zero-order chi connectivity index (χ0) is 13.5. The second kappa shape index (κ2) is 7.33. The Morgan fingerprint density at radius 2 is 2.22 bits per heavy atom. The molecule has 0 aromatic carbocycles. The SMILES string of the molecule is CC(C)N(CCCC(=O)O)C(=O)C1CNCCO1. The Morgan fingerprint density at radius 1 is 1.50 bits per heavy atom. The molecule has 1 atom stereocenters. The lowest BCUT2D eigenvalue weighted by atomic mass is 10.2. The Labute approximate surface area is 107 Å². The molecule has 0 radical (unpaired) electrons. The summed E-state index contributed by atoms with van der Waals surface area (Å²) in [5, 5.41) is 11.7. The van der Waals surface area contributed by atoms with Crippen molar-refractivity contribution in [3.63, 3.8) is 0 Å². The van der Waals surface area contributed by atoms with Gasteiger partial charge in [0.15, 0.2) is 0 Å². The molecule has 1 rings (SSSR count). The molecule has 1 unspecified atom stereocenters. The maximum atomic E-state index is 12.2. The van der Waals surface area contributed by atoms with E-state index in [9.17, 15) is 9.59 Å². The number of ether oxygens (including phenoxy) is 1. The van der Waals surface area contributed by atoms with E-state index in [0.29, 0.717) is 26.1 Å². The fourth-order valence-electron chi connectivity index (χ4n) is 1.93. The molecule has 104 valence electrons. The molecule has 18 heavy (non-hydrogen) atoms. The first-order valence-corrected chi connectivity index (χ1v) is 6.37. The summed E-state index contributed by atoms with van der Waals surface area (Å²) < 4.78 is 5.43. The van der Waals surface area contributed by atoms with Gasteiger partial charge in [-0.3, -0.25) is 9.59 Å². The molecule has 0 bridgehead atoms. The van der Waals surface area contributed by atoms with Gasteiger partial charge in [-0.05, 0) is 20.3 Å². The zero-order valence-electron chi connectivity index (χ0n) is 11.0. The minimum atomic E-state index is -0.832. The van der Waals surface area contributed by atoms with Gasteiger partial charge in [-0.1, -0.05) is 0 Å². The van der Waals surface area contributed by atoms with Gasteiger partial charge in [0.2, 0.25) is 0 Å². The molecule has 1 aliphatic heterocycles. The van der Waals surface area contributed by atoms with Crippen molar-refractivity contribution in [2.45, 2.75) is 38.8 Å². The fourth-order valence-corrected chi connectivity index (χ4v) is 1.93. The molecular formula is C12H22N2O4. The number of amides is 1. The van der Waals surface area contributed by atoms with Gasteiger partial charge in [0.05, 0.1) is 6.61 Å². The van der Waals surface area contributed by atoms with Crippen molar-refractivity contribution in [3.05, 3.63) is 0 Å². The lowest BCUT2D eigenvalue weighted by molar-refractivity contribution is -0.147. The van der Waals surface area contributed by atoms with Crippen LogP contribution in [0.3, 0.4) is 0 Å². The molecule has 1 aliphatic rings. The van der Waals surface area contributed by atoms with Crippen LogP contribution >= 0.6 is 0 Å².